The van der Waals surface area contributed by atoms with Crippen LogP contribution in [0.15, 0.2) is 77.2 Å². The highest BCUT2D eigenvalue weighted by Crippen LogP contribution is 2.53. The van der Waals surface area contributed by atoms with Crippen LogP contribution in [-0.4, -0.2) is 20.0 Å². The first-order valence-electron chi connectivity index (χ1n) is 9.34. The molecule has 1 aliphatic carbocycles. The number of fused-ring (bicyclic) bond motifs is 3. The lowest BCUT2D eigenvalue weighted by Crippen LogP contribution is -2.08. The molecule has 144 valence electrons. The van der Waals surface area contributed by atoms with Crippen molar-refractivity contribution in [1.29, 1.82) is 0 Å². The number of thioether (sulfide) groups is 1. The molecule has 1 heterocycles. The van der Waals surface area contributed by atoms with E-state index >= 15 is 0 Å². The van der Waals surface area contributed by atoms with E-state index in [4.69, 9.17) is 9.47 Å². The Labute approximate surface area is 173 Å². The number of carbonyl (C=O) groups excluding carboxylic acids is 1. The van der Waals surface area contributed by atoms with Gasteiger partial charge in [0.1, 0.15) is 0 Å². The van der Waals surface area contributed by atoms with Crippen LogP contribution in [0.1, 0.15) is 26.7 Å². The monoisotopic (exact) mass is 401 g/mol. The molecule has 29 heavy (non-hydrogen) atoms. The van der Waals surface area contributed by atoms with Crippen molar-refractivity contribution in [2.75, 3.05) is 19.5 Å². The second kappa shape index (κ2) is 7.01. The molecule has 1 aliphatic heterocycles. The number of ketones is 1. The zero-order chi connectivity index (χ0) is 20.0. The predicted octanol–water partition coefficient (Wildman–Crippen LogP) is 5.57. The summed E-state index contributed by atoms with van der Waals surface area (Å²) in [7, 11) is 3.25. The summed E-state index contributed by atoms with van der Waals surface area (Å²) in [6, 6.07) is 21.8. The van der Waals surface area contributed by atoms with Crippen molar-refractivity contribution >= 4 is 28.9 Å². The Kier molecular flexibility index (Phi) is 4.32. The molecule has 3 aromatic carbocycles. The Morgan fingerprint density at radius 3 is 2.38 bits per heavy atom. The van der Waals surface area contributed by atoms with Gasteiger partial charge in [-0.1, -0.05) is 42.5 Å². The topological polar surface area (TPSA) is 47.6 Å². The van der Waals surface area contributed by atoms with E-state index in [1.807, 2.05) is 54.6 Å². The van der Waals surface area contributed by atoms with Gasteiger partial charge < -0.3 is 14.8 Å². The van der Waals surface area contributed by atoms with E-state index < -0.39 is 0 Å². The third-order valence-electron chi connectivity index (χ3n) is 5.32. The lowest BCUT2D eigenvalue weighted by Gasteiger charge is -2.19. The van der Waals surface area contributed by atoms with Crippen molar-refractivity contribution in [2.45, 2.75) is 10.1 Å². The first kappa shape index (κ1) is 17.9. The number of hydrogen-bond donors (Lipinski definition) is 1. The molecule has 3 aromatic rings. The Morgan fingerprint density at radius 2 is 1.59 bits per heavy atom. The van der Waals surface area contributed by atoms with Crippen molar-refractivity contribution in [1.82, 2.24) is 0 Å². The zero-order valence-electron chi connectivity index (χ0n) is 16.1. The van der Waals surface area contributed by atoms with Crippen LogP contribution in [0.5, 0.6) is 11.5 Å². The molecule has 0 unspecified atom stereocenters. The summed E-state index contributed by atoms with van der Waals surface area (Å²) in [4.78, 5) is 14.5. The normalized spacial score (nSPS) is 17.0. The van der Waals surface area contributed by atoms with E-state index in [9.17, 15) is 4.79 Å². The van der Waals surface area contributed by atoms with E-state index in [-0.39, 0.29) is 11.0 Å². The fourth-order valence-electron chi connectivity index (χ4n) is 3.93. The zero-order valence-corrected chi connectivity index (χ0v) is 16.9. The highest BCUT2D eigenvalue weighted by atomic mass is 32.2. The third-order valence-corrected chi connectivity index (χ3v) is 6.67. The van der Waals surface area contributed by atoms with Gasteiger partial charge in [0.15, 0.2) is 17.3 Å². The molecule has 0 amide bonds. The maximum absolute atomic E-state index is 13.4. The molecule has 0 bridgehead atoms. The molecule has 0 spiro atoms. The Hall–Kier alpha value is -3.18. The number of para-hydroxylation sites is 1. The van der Waals surface area contributed by atoms with Crippen LogP contribution in [0, 0.1) is 0 Å². The van der Waals surface area contributed by atoms with Gasteiger partial charge in [-0.3, -0.25) is 4.79 Å². The summed E-state index contributed by atoms with van der Waals surface area (Å²) in [5, 5.41) is 3.38. The standard InChI is InChI=1S/C24H19NO3S/c1-27-18-12-11-14(13-19(18)28-2)24-21-22(15-7-3-4-8-16(15)23(21)26)25-17-9-5-6-10-20(17)29-24/h3-13,24-25H,1-2H3/t24-/m1/s1. The SMILES string of the molecule is COc1ccc([C@H]2Sc3ccccc3NC3=C2C(=O)c2ccccc23)cc1OC. The Balaban J connectivity index is 1.72. The maximum Gasteiger partial charge on any atom is 0.193 e. The van der Waals surface area contributed by atoms with Crippen molar-refractivity contribution in [2.24, 2.45) is 0 Å². The molecule has 5 rings (SSSR count). The van der Waals surface area contributed by atoms with Crippen LogP contribution in [0.4, 0.5) is 5.69 Å². The molecular formula is C24H19NO3S. The van der Waals surface area contributed by atoms with Gasteiger partial charge in [-0.2, -0.15) is 0 Å². The number of benzene rings is 3. The highest BCUT2D eigenvalue weighted by molar-refractivity contribution is 8.00. The predicted molar refractivity (Wildman–Crippen MR) is 116 cm³/mol. The molecule has 0 radical (unpaired) electrons. The summed E-state index contributed by atoms with van der Waals surface area (Å²) in [5.74, 6) is 1.40. The molecule has 1 N–H and O–H groups in total. The minimum Gasteiger partial charge on any atom is -0.493 e. The molecular weight excluding hydrogens is 382 g/mol. The van der Waals surface area contributed by atoms with E-state index in [1.165, 1.54) is 0 Å². The average molecular weight is 401 g/mol. The fourth-order valence-corrected chi connectivity index (χ4v) is 5.21. The molecule has 4 nitrogen and oxygen atoms in total. The smallest absolute Gasteiger partial charge is 0.193 e. The van der Waals surface area contributed by atoms with Gasteiger partial charge in [0, 0.05) is 21.6 Å². The summed E-state index contributed by atoms with van der Waals surface area (Å²) < 4.78 is 10.9. The molecule has 5 heteroatoms. The minimum absolute atomic E-state index is 0.0724. The summed E-state index contributed by atoms with van der Waals surface area (Å²) in [6.45, 7) is 0. The van der Waals surface area contributed by atoms with Gasteiger partial charge in [-0.15, -0.1) is 11.8 Å². The molecule has 0 aromatic heterocycles. The quantitative estimate of drug-likeness (QED) is 0.622. The molecule has 0 fully saturated rings. The first-order valence-corrected chi connectivity index (χ1v) is 10.2. The minimum atomic E-state index is -0.166. The van der Waals surface area contributed by atoms with Crippen LogP contribution in [0.2, 0.25) is 0 Å². The number of carbonyl (C=O) groups is 1. The van der Waals surface area contributed by atoms with Crippen LogP contribution >= 0.6 is 11.8 Å². The number of rotatable bonds is 3. The van der Waals surface area contributed by atoms with Crippen LogP contribution in [0.3, 0.4) is 0 Å². The van der Waals surface area contributed by atoms with E-state index in [2.05, 4.69) is 17.4 Å². The van der Waals surface area contributed by atoms with Gasteiger partial charge in [0.2, 0.25) is 0 Å². The molecule has 1 atom stereocenters. The Bertz CT molecular complexity index is 1170. The number of hydrogen-bond acceptors (Lipinski definition) is 5. The summed E-state index contributed by atoms with van der Waals surface area (Å²) in [6.07, 6.45) is 0. The number of Topliss-reactive ketones (excluding diaryl/α,β-unsaturated/α-hetero) is 1. The van der Waals surface area contributed by atoms with Gasteiger partial charge in [0.25, 0.3) is 0 Å². The van der Waals surface area contributed by atoms with E-state index in [0.717, 1.165) is 38.5 Å². The van der Waals surface area contributed by atoms with Crippen LogP contribution in [-0.2, 0) is 0 Å². The van der Waals surface area contributed by atoms with Crippen molar-refractivity contribution in [3.63, 3.8) is 0 Å². The van der Waals surface area contributed by atoms with Crippen molar-refractivity contribution < 1.29 is 14.3 Å². The average Bonchev–Trinajstić information content (AvgIpc) is 2.93. The molecule has 0 saturated carbocycles. The first-order chi connectivity index (χ1) is 14.2. The summed E-state index contributed by atoms with van der Waals surface area (Å²) in [5.41, 5.74) is 5.38. The van der Waals surface area contributed by atoms with Gasteiger partial charge in [-0.05, 0) is 29.8 Å². The van der Waals surface area contributed by atoms with Crippen molar-refractivity contribution in [3.05, 3.63) is 89.0 Å². The largest absolute Gasteiger partial charge is 0.493 e. The number of ether oxygens (including phenoxy) is 2. The fraction of sp³-hybridized carbons (Fsp3) is 0.125. The maximum atomic E-state index is 13.4. The second-order valence-electron chi connectivity index (χ2n) is 6.90. The van der Waals surface area contributed by atoms with Gasteiger partial charge >= 0.3 is 0 Å². The van der Waals surface area contributed by atoms with Crippen molar-refractivity contribution in [3.8, 4) is 11.5 Å². The van der Waals surface area contributed by atoms with Crippen LogP contribution < -0.4 is 14.8 Å². The molecule has 2 aliphatic rings. The van der Waals surface area contributed by atoms with E-state index in [0.29, 0.717) is 11.5 Å². The highest BCUT2D eigenvalue weighted by Gasteiger charge is 2.38. The number of anilines is 1. The Morgan fingerprint density at radius 1 is 0.862 bits per heavy atom. The van der Waals surface area contributed by atoms with Gasteiger partial charge in [0.05, 0.1) is 30.9 Å². The van der Waals surface area contributed by atoms with Gasteiger partial charge in [-0.25, -0.2) is 0 Å². The lowest BCUT2D eigenvalue weighted by molar-refractivity contribution is 0.103. The summed E-state index contributed by atoms with van der Waals surface area (Å²) >= 11 is 1.68. The molecule has 0 saturated heterocycles. The second-order valence-corrected chi connectivity index (χ2v) is 8.04. The third kappa shape index (κ3) is 2.81. The lowest BCUT2D eigenvalue weighted by atomic mass is 10.0. The number of methoxy groups -OCH3 is 2. The number of nitrogens with one attached hydrogen (secondary N) is 1. The van der Waals surface area contributed by atoms with Crippen LogP contribution in [0.25, 0.3) is 5.70 Å². The van der Waals surface area contributed by atoms with E-state index in [1.54, 1.807) is 26.0 Å².